The number of carbonyl (C=O) groups excluding carboxylic acids is 2. The van der Waals surface area contributed by atoms with Crippen molar-refractivity contribution in [3.05, 3.63) is 29.8 Å². The Kier molecular flexibility index (Phi) is 7.00. The molecule has 8 heteroatoms. The molecule has 1 aromatic rings. The van der Waals surface area contributed by atoms with Crippen LogP contribution in [0.25, 0.3) is 0 Å². The summed E-state index contributed by atoms with van der Waals surface area (Å²) in [6, 6.07) is 5.59. The molecular weight excluding hydrogens is 368 g/mol. The zero-order valence-corrected chi connectivity index (χ0v) is 17.0. The van der Waals surface area contributed by atoms with Gasteiger partial charge in [0.25, 0.3) is 5.91 Å². The quantitative estimate of drug-likeness (QED) is 0.717. The first-order chi connectivity index (χ1) is 12.7. The van der Waals surface area contributed by atoms with E-state index in [9.17, 15) is 18.0 Å². The molecule has 1 amide bonds. The predicted molar refractivity (Wildman–Crippen MR) is 102 cm³/mol. The molecule has 1 aliphatic carbocycles. The smallest absolute Gasteiger partial charge is 0.338 e. The Morgan fingerprint density at radius 2 is 1.93 bits per heavy atom. The fraction of sp³-hybridized carbons (Fsp3) is 0.579. The molecule has 4 atom stereocenters. The van der Waals surface area contributed by atoms with Crippen LogP contribution in [0.4, 0.5) is 0 Å². The monoisotopic (exact) mass is 396 g/mol. The number of hydrogen-bond donors (Lipinski definition) is 2. The Bertz CT molecular complexity index is 793. The minimum Gasteiger partial charge on any atom is -0.449 e. The Morgan fingerprint density at radius 3 is 2.59 bits per heavy atom. The van der Waals surface area contributed by atoms with Crippen LogP contribution in [-0.4, -0.2) is 39.5 Å². The van der Waals surface area contributed by atoms with Gasteiger partial charge < -0.3 is 10.1 Å². The summed E-state index contributed by atoms with van der Waals surface area (Å²) in [5, 5.41) is 2.98. The van der Waals surface area contributed by atoms with E-state index in [2.05, 4.69) is 23.9 Å². The lowest BCUT2D eigenvalue weighted by atomic mass is 9.78. The number of rotatable bonds is 6. The minimum absolute atomic E-state index is 0.0402. The Labute approximate surface area is 160 Å². The molecule has 1 fully saturated rings. The van der Waals surface area contributed by atoms with Crippen LogP contribution in [0, 0.1) is 11.8 Å². The van der Waals surface area contributed by atoms with Crippen LogP contribution in [0.5, 0.6) is 0 Å². The SMILES string of the molecule is CNS(=O)(=O)c1cccc(C(=O)O[C@H](C)C(=O)N[C@@H]2CCC[C@H](C)[C@H]2C)c1. The van der Waals surface area contributed by atoms with Crippen LogP contribution in [0.1, 0.15) is 50.4 Å². The van der Waals surface area contributed by atoms with E-state index in [4.69, 9.17) is 4.74 Å². The van der Waals surface area contributed by atoms with Crippen molar-refractivity contribution >= 4 is 21.9 Å². The molecule has 1 aliphatic rings. The second kappa shape index (κ2) is 8.84. The molecule has 0 saturated heterocycles. The van der Waals surface area contributed by atoms with E-state index in [-0.39, 0.29) is 22.4 Å². The summed E-state index contributed by atoms with van der Waals surface area (Å²) in [6.07, 6.45) is 2.18. The van der Waals surface area contributed by atoms with Crippen molar-refractivity contribution < 1.29 is 22.7 Å². The number of sulfonamides is 1. The van der Waals surface area contributed by atoms with E-state index < -0.39 is 22.1 Å². The number of hydrogen-bond acceptors (Lipinski definition) is 5. The molecule has 0 heterocycles. The molecule has 1 aromatic carbocycles. The van der Waals surface area contributed by atoms with Gasteiger partial charge in [-0.1, -0.05) is 32.8 Å². The van der Waals surface area contributed by atoms with Gasteiger partial charge in [-0.05, 0) is 50.4 Å². The molecule has 0 unspecified atom stereocenters. The van der Waals surface area contributed by atoms with Crippen molar-refractivity contribution in [2.75, 3.05) is 7.05 Å². The Hall–Kier alpha value is -1.93. The molecule has 0 radical (unpaired) electrons. The van der Waals surface area contributed by atoms with Crippen molar-refractivity contribution in [2.45, 2.75) is 57.1 Å². The van der Waals surface area contributed by atoms with E-state index in [1.807, 2.05) is 0 Å². The van der Waals surface area contributed by atoms with E-state index in [1.165, 1.54) is 38.2 Å². The summed E-state index contributed by atoms with van der Waals surface area (Å²) in [5.74, 6) is -0.169. The molecule has 2 rings (SSSR count). The minimum atomic E-state index is -3.67. The maximum atomic E-state index is 12.4. The van der Waals surface area contributed by atoms with Gasteiger partial charge in [-0.15, -0.1) is 0 Å². The first-order valence-corrected chi connectivity index (χ1v) is 10.7. The van der Waals surface area contributed by atoms with Gasteiger partial charge in [0, 0.05) is 6.04 Å². The highest BCUT2D eigenvalue weighted by Gasteiger charge is 2.30. The maximum Gasteiger partial charge on any atom is 0.338 e. The molecule has 0 spiro atoms. The molecule has 27 heavy (non-hydrogen) atoms. The van der Waals surface area contributed by atoms with Crippen molar-refractivity contribution in [3.8, 4) is 0 Å². The first kappa shape index (κ1) is 21.4. The largest absolute Gasteiger partial charge is 0.449 e. The second-order valence-corrected chi connectivity index (χ2v) is 9.05. The molecule has 1 saturated carbocycles. The lowest BCUT2D eigenvalue weighted by Crippen LogP contribution is -2.47. The summed E-state index contributed by atoms with van der Waals surface area (Å²) in [6.45, 7) is 5.82. The average Bonchev–Trinajstić information content (AvgIpc) is 2.65. The molecule has 150 valence electrons. The lowest BCUT2D eigenvalue weighted by molar-refractivity contribution is -0.130. The van der Waals surface area contributed by atoms with E-state index in [1.54, 1.807) is 0 Å². The van der Waals surface area contributed by atoms with Gasteiger partial charge in [-0.3, -0.25) is 4.79 Å². The zero-order valence-electron chi connectivity index (χ0n) is 16.2. The Balaban J connectivity index is 2.01. The third kappa shape index (κ3) is 5.29. The predicted octanol–water partition coefficient (Wildman–Crippen LogP) is 2.08. The molecule has 7 nitrogen and oxygen atoms in total. The van der Waals surface area contributed by atoms with Crippen molar-refractivity contribution in [1.82, 2.24) is 10.0 Å². The van der Waals surface area contributed by atoms with Crippen LogP contribution in [-0.2, 0) is 19.6 Å². The standard InChI is InChI=1S/C19H28N2O5S/c1-12-7-5-10-17(13(12)2)21-18(22)14(3)26-19(23)15-8-6-9-16(11-15)27(24,25)20-4/h6,8-9,11-14,17,20H,5,7,10H2,1-4H3,(H,21,22)/t12-,13+,14+,17+/m0/s1. The van der Waals surface area contributed by atoms with Crippen molar-refractivity contribution in [1.29, 1.82) is 0 Å². The van der Waals surface area contributed by atoms with E-state index >= 15 is 0 Å². The van der Waals surface area contributed by atoms with Crippen LogP contribution in [0.3, 0.4) is 0 Å². The summed E-state index contributed by atoms with van der Waals surface area (Å²) < 4.78 is 31.1. The van der Waals surface area contributed by atoms with Gasteiger partial charge in [0.2, 0.25) is 10.0 Å². The van der Waals surface area contributed by atoms with Crippen LogP contribution in [0.15, 0.2) is 29.2 Å². The Morgan fingerprint density at radius 1 is 1.22 bits per heavy atom. The number of carbonyl (C=O) groups is 2. The third-order valence-electron chi connectivity index (χ3n) is 5.34. The highest BCUT2D eigenvalue weighted by Crippen LogP contribution is 2.29. The van der Waals surface area contributed by atoms with Crippen molar-refractivity contribution in [3.63, 3.8) is 0 Å². The topological polar surface area (TPSA) is 102 Å². The summed E-state index contributed by atoms with van der Waals surface area (Å²) in [5.41, 5.74) is 0.0747. The van der Waals surface area contributed by atoms with Gasteiger partial charge >= 0.3 is 5.97 Å². The molecule has 0 bridgehead atoms. The van der Waals surface area contributed by atoms with Gasteiger partial charge in [0.15, 0.2) is 6.10 Å². The first-order valence-electron chi connectivity index (χ1n) is 9.20. The van der Waals surface area contributed by atoms with E-state index in [0.29, 0.717) is 11.8 Å². The van der Waals surface area contributed by atoms with Crippen molar-refractivity contribution in [2.24, 2.45) is 11.8 Å². The molecular formula is C19H28N2O5S. The van der Waals surface area contributed by atoms with E-state index in [0.717, 1.165) is 19.3 Å². The normalized spacial score (nSPS) is 24.1. The number of ether oxygens (including phenoxy) is 1. The fourth-order valence-electron chi connectivity index (χ4n) is 3.28. The highest BCUT2D eigenvalue weighted by atomic mass is 32.2. The number of esters is 1. The number of nitrogens with one attached hydrogen (secondary N) is 2. The molecule has 0 aromatic heterocycles. The molecule has 2 N–H and O–H groups in total. The third-order valence-corrected chi connectivity index (χ3v) is 6.75. The van der Waals surface area contributed by atoms with Crippen LogP contribution in [0.2, 0.25) is 0 Å². The summed E-state index contributed by atoms with van der Waals surface area (Å²) in [4.78, 5) is 24.7. The van der Waals surface area contributed by atoms with Gasteiger partial charge in [-0.2, -0.15) is 0 Å². The summed E-state index contributed by atoms with van der Waals surface area (Å²) >= 11 is 0. The number of amides is 1. The zero-order chi connectivity index (χ0) is 20.2. The van der Waals surface area contributed by atoms with Crippen LogP contribution >= 0.6 is 0 Å². The second-order valence-electron chi connectivity index (χ2n) is 7.17. The van der Waals surface area contributed by atoms with Gasteiger partial charge in [0.1, 0.15) is 0 Å². The summed E-state index contributed by atoms with van der Waals surface area (Å²) in [7, 11) is -2.38. The molecule has 0 aliphatic heterocycles. The average molecular weight is 397 g/mol. The maximum absolute atomic E-state index is 12.4. The fourth-order valence-corrected chi connectivity index (χ4v) is 4.05. The number of benzene rings is 1. The van der Waals surface area contributed by atoms with Gasteiger partial charge in [-0.25, -0.2) is 17.9 Å². The van der Waals surface area contributed by atoms with Gasteiger partial charge in [0.05, 0.1) is 10.5 Å². The lowest BCUT2D eigenvalue weighted by Gasteiger charge is -2.35. The van der Waals surface area contributed by atoms with Crippen LogP contribution < -0.4 is 10.0 Å². The highest BCUT2D eigenvalue weighted by molar-refractivity contribution is 7.89.